The largest absolute Gasteiger partial charge is 0.307 e. The lowest BCUT2D eigenvalue weighted by atomic mass is 10.00. The van der Waals surface area contributed by atoms with E-state index < -0.39 is 0 Å². The lowest BCUT2D eigenvalue weighted by Crippen LogP contribution is -2.30. The first-order valence-electron chi connectivity index (χ1n) is 10.5. The Morgan fingerprint density at radius 1 is 0.938 bits per heavy atom. The van der Waals surface area contributed by atoms with E-state index in [1.807, 2.05) is 12.2 Å². The molecule has 0 saturated heterocycles. The van der Waals surface area contributed by atoms with Crippen molar-refractivity contribution >= 4 is 35.0 Å². The van der Waals surface area contributed by atoms with Crippen LogP contribution in [0.4, 0.5) is 0 Å². The second-order valence-corrected chi connectivity index (χ2v) is 7.48. The van der Waals surface area contributed by atoms with Crippen LogP contribution in [-0.2, 0) is 0 Å². The summed E-state index contributed by atoms with van der Waals surface area (Å²) in [4.78, 5) is 25.9. The van der Waals surface area contributed by atoms with E-state index in [4.69, 9.17) is 0 Å². The summed E-state index contributed by atoms with van der Waals surface area (Å²) in [5, 5.41) is 6.01. The summed E-state index contributed by atoms with van der Waals surface area (Å²) in [5.74, 6) is 5.53. The van der Waals surface area contributed by atoms with E-state index in [0.29, 0.717) is 30.6 Å². The van der Waals surface area contributed by atoms with Crippen molar-refractivity contribution in [1.82, 2.24) is 10.2 Å². The Kier molecular flexibility index (Phi) is 7.83. The minimum atomic E-state index is -0.232. The van der Waals surface area contributed by atoms with Gasteiger partial charge < -0.3 is 5.32 Å². The monoisotopic (exact) mass is 444 g/mol. The minimum absolute atomic E-state index is 0. The molecule has 1 heterocycles. The molecule has 3 aromatic rings. The molecule has 0 aliphatic carbocycles. The molecule has 5 heteroatoms. The van der Waals surface area contributed by atoms with Crippen molar-refractivity contribution in [3.05, 3.63) is 95.6 Å². The van der Waals surface area contributed by atoms with Gasteiger partial charge in [-0.25, -0.2) is 0 Å². The molecular weight excluding hydrogens is 420 g/mol. The van der Waals surface area contributed by atoms with Crippen molar-refractivity contribution in [2.24, 2.45) is 0 Å². The molecule has 32 heavy (non-hydrogen) atoms. The van der Waals surface area contributed by atoms with E-state index in [0.717, 1.165) is 0 Å². The number of hydrogen-bond donors (Lipinski definition) is 1. The first-order chi connectivity index (χ1) is 15.2. The summed E-state index contributed by atoms with van der Waals surface area (Å²) in [7, 11) is 0. The van der Waals surface area contributed by atoms with Gasteiger partial charge in [0.05, 0.1) is 11.1 Å². The van der Waals surface area contributed by atoms with Gasteiger partial charge in [0.2, 0.25) is 0 Å². The predicted octanol–water partition coefficient (Wildman–Crippen LogP) is 5.16. The molecule has 4 nitrogen and oxygen atoms in total. The topological polar surface area (TPSA) is 49.4 Å². The molecule has 1 atom stereocenters. The number of carbonyl (C=O) groups is 2. The molecule has 1 aliphatic rings. The number of nitrogens with zero attached hydrogens (tertiary/aromatic N) is 1. The molecule has 0 radical (unpaired) electrons. The van der Waals surface area contributed by atoms with Gasteiger partial charge in [0, 0.05) is 25.6 Å². The summed E-state index contributed by atoms with van der Waals surface area (Å²) >= 11 is 0. The fourth-order valence-corrected chi connectivity index (χ4v) is 3.84. The normalized spacial score (nSPS) is 13.6. The van der Waals surface area contributed by atoms with Gasteiger partial charge in [0.25, 0.3) is 11.8 Å². The third kappa shape index (κ3) is 4.91. The van der Waals surface area contributed by atoms with Crippen molar-refractivity contribution in [2.45, 2.75) is 19.4 Å². The molecule has 1 N–H and O–H groups in total. The highest BCUT2D eigenvalue weighted by Crippen LogP contribution is 2.24. The van der Waals surface area contributed by atoms with Gasteiger partial charge in [-0.05, 0) is 41.5 Å². The molecule has 3 aromatic carbocycles. The van der Waals surface area contributed by atoms with E-state index in [-0.39, 0.29) is 30.3 Å². The predicted molar refractivity (Wildman–Crippen MR) is 131 cm³/mol. The number of hydrogen-bond acceptors (Lipinski definition) is 3. The number of nitrogens with one attached hydrogen (secondary N) is 1. The molecule has 0 bridgehead atoms. The van der Waals surface area contributed by atoms with Gasteiger partial charge in [0.15, 0.2) is 0 Å². The standard InChI is InChI=1S/C27H24N2O2.ClH/c1-20(22-17-11-13-21-12-5-6-14-23(21)22)28-18-9-3-2-4-10-19-29-26(30)24-15-7-8-16-25(24)27(29)31;/h3,5-9,11-17,20,28H,10,18-19H2,1H3;1H/b9-3+;/t20-;/m1./s1. The molecule has 4 rings (SSSR count). The van der Waals surface area contributed by atoms with Crippen molar-refractivity contribution in [1.29, 1.82) is 0 Å². The molecule has 162 valence electrons. The Balaban J connectivity index is 0.00000289. The SMILES string of the molecule is C[C@@H](NC/C=C/C#CCCN1C(=O)c2ccccc2C1=O)c1cccc2ccccc12.Cl. The highest BCUT2D eigenvalue weighted by Gasteiger charge is 2.34. The summed E-state index contributed by atoms with van der Waals surface area (Å²) in [6.45, 7) is 3.17. The molecule has 1 aliphatic heterocycles. The number of amides is 2. The fraction of sp³-hybridized carbons (Fsp3) is 0.185. The second kappa shape index (κ2) is 10.8. The van der Waals surface area contributed by atoms with Gasteiger partial charge in [-0.15, -0.1) is 12.4 Å². The van der Waals surface area contributed by atoms with Crippen LogP contribution in [0, 0.1) is 11.8 Å². The van der Waals surface area contributed by atoms with Gasteiger partial charge in [-0.3, -0.25) is 14.5 Å². The average Bonchev–Trinajstić information content (AvgIpc) is 3.05. The number of fused-ring (bicyclic) bond motifs is 2. The van der Waals surface area contributed by atoms with E-state index in [2.05, 4.69) is 66.5 Å². The molecule has 0 spiro atoms. The fourth-order valence-electron chi connectivity index (χ4n) is 3.84. The Hall–Kier alpha value is -3.39. The molecular formula is C27H25ClN2O2. The molecule has 0 aromatic heterocycles. The zero-order valence-electron chi connectivity index (χ0n) is 17.9. The van der Waals surface area contributed by atoms with Crippen molar-refractivity contribution in [2.75, 3.05) is 13.1 Å². The summed E-state index contributed by atoms with van der Waals surface area (Å²) in [6.07, 6.45) is 4.25. The number of halogens is 1. The van der Waals surface area contributed by atoms with Gasteiger partial charge in [0.1, 0.15) is 0 Å². The maximum absolute atomic E-state index is 12.3. The highest BCUT2D eigenvalue weighted by molar-refractivity contribution is 6.21. The first kappa shape index (κ1) is 23.3. The smallest absolute Gasteiger partial charge is 0.261 e. The van der Waals surface area contributed by atoms with Crippen LogP contribution in [0.2, 0.25) is 0 Å². The van der Waals surface area contributed by atoms with E-state index >= 15 is 0 Å². The molecule has 0 unspecified atom stereocenters. The van der Waals surface area contributed by atoms with Crippen LogP contribution in [0.3, 0.4) is 0 Å². The third-order valence-electron chi connectivity index (χ3n) is 5.47. The quantitative estimate of drug-likeness (QED) is 0.422. The Labute approximate surface area is 194 Å². The zero-order valence-corrected chi connectivity index (χ0v) is 18.7. The number of carbonyl (C=O) groups excluding carboxylic acids is 2. The number of imide groups is 1. The van der Waals surface area contributed by atoms with Crippen LogP contribution in [0.15, 0.2) is 78.9 Å². The maximum Gasteiger partial charge on any atom is 0.261 e. The minimum Gasteiger partial charge on any atom is -0.307 e. The summed E-state index contributed by atoms with van der Waals surface area (Å²) in [5.41, 5.74) is 2.23. The number of benzene rings is 3. The number of allylic oxidation sites excluding steroid dienone is 1. The van der Waals surface area contributed by atoms with Gasteiger partial charge >= 0.3 is 0 Å². The van der Waals surface area contributed by atoms with E-state index in [9.17, 15) is 9.59 Å². The molecule has 0 fully saturated rings. The third-order valence-corrected chi connectivity index (χ3v) is 5.47. The summed E-state index contributed by atoms with van der Waals surface area (Å²) in [6, 6.07) is 21.9. The summed E-state index contributed by atoms with van der Waals surface area (Å²) < 4.78 is 0. The lowest BCUT2D eigenvalue weighted by Gasteiger charge is -2.15. The van der Waals surface area contributed by atoms with Crippen molar-refractivity contribution in [3.8, 4) is 11.8 Å². The Morgan fingerprint density at radius 3 is 2.34 bits per heavy atom. The molecule has 0 saturated carbocycles. The van der Waals surface area contributed by atoms with Gasteiger partial charge in [-0.2, -0.15) is 0 Å². The second-order valence-electron chi connectivity index (χ2n) is 7.48. The van der Waals surface area contributed by atoms with Crippen LogP contribution in [-0.4, -0.2) is 29.8 Å². The van der Waals surface area contributed by atoms with Crippen LogP contribution in [0.1, 0.15) is 45.7 Å². The van der Waals surface area contributed by atoms with Crippen molar-refractivity contribution < 1.29 is 9.59 Å². The van der Waals surface area contributed by atoms with Crippen molar-refractivity contribution in [3.63, 3.8) is 0 Å². The van der Waals surface area contributed by atoms with Crippen LogP contribution >= 0.6 is 12.4 Å². The van der Waals surface area contributed by atoms with E-state index in [1.54, 1.807) is 24.3 Å². The maximum atomic E-state index is 12.3. The lowest BCUT2D eigenvalue weighted by molar-refractivity contribution is 0.0658. The van der Waals surface area contributed by atoms with E-state index in [1.165, 1.54) is 21.2 Å². The zero-order chi connectivity index (χ0) is 21.6. The van der Waals surface area contributed by atoms with Crippen LogP contribution in [0.25, 0.3) is 10.8 Å². The average molecular weight is 445 g/mol. The Bertz CT molecular complexity index is 1180. The van der Waals surface area contributed by atoms with Crippen LogP contribution in [0.5, 0.6) is 0 Å². The first-order valence-corrected chi connectivity index (χ1v) is 10.5. The van der Waals surface area contributed by atoms with Crippen LogP contribution < -0.4 is 5.32 Å². The Morgan fingerprint density at radius 2 is 1.59 bits per heavy atom. The highest BCUT2D eigenvalue weighted by atomic mass is 35.5. The molecule has 2 amide bonds. The number of rotatable bonds is 6. The van der Waals surface area contributed by atoms with Gasteiger partial charge in [-0.1, -0.05) is 72.5 Å².